The molecule has 1 atom stereocenters. The van der Waals surface area contributed by atoms with Gasteiger partial charge in [-0.2, -0.15) is 0 Å². The minimum Gasteiger partial charge on any atom is -0.381 e. The fourth-order valence-electron chi connectivity index (χ4n) is 4.68. The number of halogens is 2. The number of hydrogen-bond acceptors (Lipinski definition) is 6. The fraction of sp³-hybridized carbons (Fsp3) is 0.320. The normalized spacial score (nSPS) is 18.8. The van der Waals surface area contributed by atoms with Gasteiger partial charge in [-0.1, -0.05) is 17.4 Å². The zero-order valence-corrected chi connectivity index (χ0v) is 20.4. The van der Waals surface area contributed by atoms with E-state index in [9.17, 15) is 14.0 Å². The minimum atomic E-state index is -0.360. The molecule has 2 saturated heterocycles. The third-order valence-electron chi connectivity index (χ3n) is 6.56. The summed E-state index contributed by atoms with van der Waals surface area (Å²) in [6.07, 6.45) is 3.87. The third-order valence-corrected chi connectivity index (χ3v) is 7.58. The van der Waals surface area contributed by atoms with Crippen molar-refractivity contribution in [2.45, 2.75) is 31.3 Å². The molecule has 2 N–H and O–H groups in total. The number of aromatic nitrogens is 2. The van der Waals surface area contributed by atoms with Crippen molar-refractivity contribution in [3.05, 3.63) is 59.5 Å². The first-order valence-electron chi connectivity index (χ1n) is 11.4. The van der Waals surface area contributed by atoms with Crippen molar-refractivity contribution in [1.82, 2.24) is 20.0 Å². The Morgan fingerprint density at radius 1 is 1.20 bits per heavy atom. The molecular weight excluding hydrogens is 491 g/mol. The van der Waals surface area contributed by atoms with Crippen molar-refractivity contribution < 1.29 is 18.7 Å². The second-order valence-corrected chi connectivity index (χ2v) is 9.85. The van der Waals surface area contributed by atoms with Gasteiger partial charge in [0.05, 0.1) is 22.5 Å². The second kappa shape index (κ2) is 9.66. The second-order valence-electron chi connectivity index (χ2n) is 8.84. The van der Waals surface area contributed by atoms with Gasteiger partial charge in [0.25, 0.3) is 5.91 Å². The zero-order valence-electron chi connectivity index (χ0n) is 18.8. The number of benzene rings is 2. The highest BCUT2D eigenvalue weighted by molar-refractivity contribution is 7.23. The maximum atomic E-state index is 15.0. The molecule has 182 valence electrons. The van der Waals surface area contributed by atoms with Gasteiger partial charge < -0.3 is 15.4 Å². The number of rotatable bonds is 4. The highest BCUT2D eigenvalue weighted by Gasteiger charge is 2.24. The molecule has 10 heteroatoms. The van der Waals surface area contributed by atoms with Crippen LogP contribution in [0.4, 0.5) is 4.39 Å². The smallest absolute Gasteiger partial charge is 0.251 e. The number of hydrogen-bond donors (Lipinski definition) is 2. The van der Waals surface area contributed by atoms with Gasteiger partial charge in [0.1, 0.15) is 11.6 Å². The number of amides is 1. The molecule has 2 aliphatic heterocycles. The number of nitrogens with zero attached hydrogens (tertiary/aromatic N) is 2. The van der Waals surface area contributed by atoms with Crippen LogP contribution < -0.4 is 10.6 Å². The first kappa shape index (κ1) is 23.9. The first-order chi connectivity index (χ1) is 16.5. The molecule has 0 spiro atoms. The Morgan fingerprint density at radius 3 is 2.77 bits per heavy atom. The number of fused-ring (bicyclic) bond motifs is 3. The number of Topliss-reactive ketones (excluding diaryl/α,β-unsaturated/α-hetero) is 1. The monoisotopic (exact) mass is 514 g/mol. The average Bonchev–Trinajstić information content (AvgIpc) is 3.53. The van der Waals surface area contributed by atoms with Crippen LogP contribution in [0.2, 0.25) is 0 Å². The quantitative estimate of drug-likeness (QED) is 0.424. The van der Waals surface area contributed by atoms with E-state index in [4.69, 9.17) is 4.74 Å². The Kier molecular flexibility index (Phi) is 6.59. The van der Waals surface area contributed by atoms with E-state index < -0.39 is 0 Å². The Morgan fingerprint density at radius 2 is 2.03 bits per heavy atom. The molecule has 0 bridgehead atoms. The van der Waals surface area contributed by atoms with Crippen molar-refractivity contribution in [3.63, 3.8) is 0 Å². The molecule has 4 heterocycles. The largest absolute Gasteiger partial charge is 0.381 e. The molecule has 35 heavy (non-hydrogen) atoms. The lowest BCUT2D eigenvalue weighted by molar-refractivity contribution is -0.116. The Bertz CT molecular complexity index is 1430. The summed E-state index contributed by atoms with van der Waals surface area (Å²) in [6, 6.07) is 10.7. The van der Waals surface area contributed by atoms with Gasteiger partial charge in [-0.25, -0.2) is 9.37 Å². The molecule has 2 aliphatic rings. The summed E-state index contributed by atoms with van der Waals surface area (Å²) in [5.74, 6) is -0.304. The Hall–Kier alpha value is -2.85. The predicted octanol–water partition coefficient (Wildman–Crippen LogP) is 4.29. The molecule has 2 aromatic heterocycles. The standard InChI is InChI=1S/C25H23FN4O3S.ClH/c26-19-9-14(20-11-17(31)12-27-20)1-3-18(19)21-13-30-22-4-2-15(10-23(22)34-25(30)29-21)24(32)28-16-5-7-33-8-6-16;/h1-4,9-10,13,16,20,27H,5-8,11-12H2,(H,28,32);1H. The van der Waals surface area contributed by atoms with Gasteiger partial charge in [0, 0.05) is 49.0 Å². The van der Waals surface area contributed by atoms with Crippen LogP contribution in [0.25, 0.3) is 26.4 Å². The van der Waals surface area contributed by atoms with Crippen LogP contribution in [0.3, 0.4) is 0 Å². The molecule has 2 aromatic carbocycles. The van der Waals surface area contributed by atoms with Crippen LogP contribution in [-0.2, 0) is 9.53 Å². The summed E-state index contributed by atoms with van der Waals surface area (Å²) in [6.45, 7) is 1.68. The topological polar surface area (TPSA) is 84.7 Å². The molecule has 0 radical (unpaired) electrons. The molecular formula is C25H24ClFN4O3S. The van der Waals surface area contributed by atoms with Gasteiger partial charge in [0.2, 0.25) is 0 Å². The molecule has 7 nitrogen and oxygen atoms in total. The van der Waals surface area contributed by atoms with Crippen LogP contribution in [0.15, 0.2) is 42.6 Å². The zero-order chi connectivity index (χ0) is 23.2. The highest BCUT2D eigenvalue weighted by atomic mass is 35.5. The maximum absolute atomic E-state index is 15.0. The van der Waals surface area contributed by atoms with Gasteiger partial charge in [-0.15, -0.1) is 12.4 Å². The summed E-state index contributed by atoms with van der Waals surface area (Å²) >= 11 is 1.47. The minimum absolute atomic E-state index is 0. The van der Waals surface area contributed by atoms with Crippen molar-refractivity contribution in [2.75, 3.05) is 19.8 Å². The number of carbonyl (C=O) groups excluding carboxylic acids is 2. The van der Waals surface area contributed by atoms with Crippen molar-refractivity contribution in [3.8, 4) is 11.3 Å². The van der Waals surface area contributed by atoms with E-state index in [-0.39, 0.29) is 42.0 Å². The van der Waals surface area contributed by atoms with Crippen LogP contribution in [-0.4, -0.2) is 46.9 Å². The lowest BCUT2D eigenvalue weighted by Gasteiger charge is -2.23. The number of ketones is 1. The number of ether oxygens (including phenoxy) is 1. The molecule has 0 saturated carbocycles. The predicted molar refractivity (Wildman–Crippen MR) is 135 cm³/mol. The van der Waals surface area contributed by atoms with Crippen LogP contribution in [0.5, 0.6) is 0 Å². The molecule has 6 rings (SSSR count). The molecule has 4 aromatic rings. The van der Waals surface area contributed by atoms with E-state index in [1.165, 1.54) is 17.4 Å². The Labute approximate surface area is 211 Å². The first-order valence-corrected chi connectivity index (χ1v) is 12.2. The van der Waals surface area contributed by atoms with E-state index in [1.807, 2.05) is 34.9 Å². The summed E-state index contributed by atoms with van der Waals surface area (Å²) in [4.78, 5) is 29.6. The number of carbonyl (C=O) groups is 2. The number of thiazole rings is 1. The molecule has 2 fully saturated rings. The van der Waals surface area contributed by atoms with Gasteiger partial charge in [0.15, 0.2) is 4.96 Å². The van der Waals surface area contributed by atoms with Crippen LogP contribution >= 0.6 is 23.7 Å². The SMILES string of the molecule is Cl.O=C1CNC(c2ccc(-c3cn4c(n3)sc3cc(C(=O)NC5CCOCC5)ccc34)c(F)c2)C1. The number of nitrogens with one attached hydrogen (secondary N) is 2. The Balaban J connectivity index is 0.00000253. The summed E-state index contributed by atoms with van der Waals surface area (Å²) in [7, 11) is 0. The lowest BCUT2D eigenvalue weighted by Crippen LogP contribution is -2.38. The summed E-state index contributed by atoms with van der Waals surface area (Å²) in [5.41, 5.74) is 3.28. The van der Waals surface area contributed by atoms with Crippen LogP contribution in [0.1, 0.15) is 41.2 Å². The van der Waals surface area contributed by atoms with Gasteiger partial charge >= 0.3 is 0 Å². The summed E-state index contributed by atoms with van der Waals surface area (Å²) < 4.78 is 23.2. The van der Waals surface area contributed by atoms with Crippen molar-refractivity contribution in [2.24, 2.45) is 0 Å². The van der Waals surface area contributed by atoms with E-state index in [0.29, 0.717) is 43.0 Å². The van der Waals surface area contributed by atoms with E-state index in [1.54, 1.807) is 6.07 Å². The van der Waals surface area contributed by atoms with E-state index >= 15 is 0 Å². The lowest BCUT2D eigenvalue weighted by atomic mass is 10.0. The third kappa shape index (κ3) is 4.56. The number of imidazole rings is 1. The maximum Gasteiger partial charge on any atom is 0.251 e. The molecule has 0 aliphatic carbocycles. The summed E-state index contributed by atoms with van der Waals surface area (Å²) in [5, 5.41) is 6.20. The average molecular weight is 515 g/mol. The van der Waals surface area contributed by atoms with Crippen molar-refractivity contribution >= 4 is 50.6 Å². The van der Waals surface area contributed by atoms with E-state index in [0.717, 1.165) is 33.6 Å². The van der Waals surface area contributed by atoms with Crippen LogP contribution in [0, 0.1) is 5.82 Å². The van der Waals surface area contributed by atoms with Gasteiger partial charge in [-0.05, 0) is 48.7 Å². The fourth-order valence-corrected chi connectivity index (χ4v) is 5.73. The highest BCUT2D eigenvalue weighted by Crippen LogP contribution is 2.32. The van der Waals surface area contributed by atoms with Gasteiger partial charge in [-0.3, -0.25) is 14.0 Å². The molecule has 1 unspecified atom stereocenters. The van der Waals surface area contributed by atoms with E-state index in [2.05, 4.69) is 15.6 Å². The molecule has 1 amide bonds. The van der Waals surface area contributed by atoms with Crippen molar-refractivity contribution in [1.29, 1.82) is 0 Å².